The first-order chi connectivity index (χ1) is 23.0. The Morgan fingerprint density at radius 1 is 0.673 bits per heavy atom. The Morgan fingerprint density at radius 3 is 1.71 bits per heavy atom. The van der Waals surface area contributed by atoms with Crippen LogP contribution in [0.2, 0.25) is 0 Å². The number of rotatable bonds is 6. The van der Waals surface area contributed by atoms with Crippen LogP contribution in [0.3, 0.4) is 0 Å². The highest BCUT2D eigenvalue weighted by molar-refractivity contribution is 5.87. The average molecular weight is 687 g/mol. The molecule has 0 N–H and O–H groups in total. The summed E-state index contributed by atoms with van der Waals surface area (Å²) in [7, 11) is 4.94. The van der Waals surface area contributed by atoms with Crippen molar-refractivity contribution in [1.29, 1.82) is 0 Å². The molecule has 0 amide bonds. The SMILES string of the molecule is CC(=O)O[C@H]1CC2CCC3C(CC[C@@]4(C)C3C[C@H]([N+]3(C)CCCCC3)[C@@H]4OC(C)=O)[C@@]2(C)C[C@@H]1[N+]1(C)CCCCC1.O=C([O-])/C=C/C(=O)[O-]. The molecular weight excluding hydrogens is 624 g/mol. The minimum atomic E-state index is -1.55. The summed E-state index contributed by atoms with van der Waals surface area (Å²) in [6.07, 6.45) is 17.2. The molecule has 0 aromatic carbocycles. The highest BCUT2D eigenvalue weighted by atomic mass is 16.5. The van der Waals surface area contributed by atoms with Gasteiger partial charge in [0.05, 0.1) is 52.2 Å². The Kier molecular flexibility index (Phi) is 11.3. The average Bonchev–Trinajstić information content (AvgIpc) is 3.33. The molecular formula is C39H62N2O8. The van der Waals surface area contributed by atoms with Crippen LogP contribution in [0, 0.1) is 34.5 Å². The van der Waals surface area contributed by atoms with E-state index in [-0.39, 0.29) is 29.6 Å². The van der Waals surface area contributed by atoms with Gasteiger partial charge in [-0.05, 0) is 112 Å². The van der Waals surface area contributed by atoms with Crippen molar-refractivity contribution >= 4 is 23.9 Å². The predicted octanol–water partition coefficient (Wildman–Crippen LogP) is 3.15. The Balaban J connectivity index is 0.000000523. The van der Waals surface area contributed by atoms with E-state index < -0.39 is 11.9 Å². The van der Waals surface area contributed by atoms with E-state index in [4.69, 9.17) is 9.47 Å². The number of piperidine rings is 2. The molecule has 6 fully saturated rings. The molecule has 49 heavy (non-hydrogen) atoms. The molecule has 0 radical (unpaired) electrons. The van der Waals surface area contributed by atoms with Gasteiger partial charge in [-0.1, -0.05) is 13.8 Å². The normalized spacial score (nSPS) is 40.8. The summed E-state index contributed by atoms with van der Waals surface area (Å²) < 4.78 is 14.7. The number of hydrogen-bond donors (Lipinski definition) is 0. The fraction of sp³-hybridized carbons (Fsp3) is 0.846. The molecule has 10 nitrogen and oxygen atoms in total. The number of ether oxygens (including phenoxy) is 2. The summed E-state index contributed by atoms with van der Waals surface area (Å²) in [4.78, 5) is 43.7. The number of likely N-dealkylation sites (tertiary alicyclic amines) is 2. The van der Waals surface area contributed by atoms with Crippen LogP contribution < -0.4 is 10.2 Å². The van der Waals surface area contributed by atoms with Crippen LogP contribution >= 0.6 is 0 Å². The molecule has 2 aliphatic heterocycles. The highest BCUT2D eigenvalue weighted by Crippen LogP contribution is 2.68. The lowest BCUT2D eigenvalue weighted by Crippen LogP contribution is -2.66. The zero-order valence-corrected chi connectivity index (χ0v) is 31.0. The van der Waals surface area contributed by atoms with Gasteiger partial charge < -0.3 is 38.2 Å². The number of carbonyl (C=O) groups excluding carboxylic acids is 4. The van der Waals surface area contributed by atoms with Gasteiger partial charge >= 0.3 is 11.9 Å². The lowest BCUT2D eigenvalue weighted by atomic mass is 9.44. The van der Waals surface area contributed by atoms with Crippen LogP contribution in [-0.2, 0) is 28.7 Å². The number of carbonyl (C=O) groups is 4. The number of esters is 2. The molecule has 4 unspecified atom stereocenters. The third-order valence-electron chi connectivity index (χ3n) is 14.8. The molecule has 6 aliphatic rings. The van der Waals surface area contributed by atoms with Crippen molar-refractivity contribution in [1.82, 2.24) is 0 Å². The maximum atomic E-state index is 12.5. The summed E-state index contributed by atoms with van der Waals surface area (Å²) in [5.41, 5.74) is 0.377. The molecule has 0 spiro atoms. The van der Waals surface area contributed by atoms with Gasteiger partial charge in [-0.15, -0.1) is 0 Å². The standard InChI is InChI=1S/C35H60N2O4.C4H4O4/c1-24(38)40-32-21-26-13-14-27-28(35(26,4)23-31(32)37(6)19-11-8-12-20-37)15-16-34(3)29(27)22-30(33(34)41-25(2)39)36(5)17-9-7-10-18-36;5-3(6)1-2-4(7)8/h26-33H,7-23H2,1-6H3;1-2H,(H,5,6)(H,7,8)/q+2;/p-2/b;2-1+/t26?,27?,28?,29?,30-,31-,32-,33-,34-,35-;/m0./s1. The zero-order chi connectivity index (χ0) is 35.8. The molecule has 4 saturated carbocycles. The molecule has 0 bridgehead atoms. The molecule has 2 saturated heterocycles. The molecule has 0 aromatic heterocycles. The van der Waals surface area contributed by atoms with Gasteiger partial charge in [-0.3, -0.25) is 9.59 Å². The van der Waals surface area contributed by atoms with E-state index in [0.717, 1.165) is 21.3 Å². The Morgan fingerprint density at radius 2 is 1.20 bits per heavy atom. The Labute approximate surface area is 293 Å². The fourth-order valence-corrected chi connectivity index (χ4v) is 12.4. The predicted molar refractivity (Wildman–Crippen MR) is 180 cm³/mol. The Bertz CT molecular complexity index is 1260. The van der Waals surface area contributed by atoms with E-state index in [2.05, 4.69) is 27.9 Å². The second-order valence-electron chi connectivity index (χ2n) is 17.6. The minimum absolute atomic E-state index is 0.0462. The van der Waals surface area contributed by atoms with Crippen molar-refractivity contribution in [2.24, 2.45) is 34.5 Å². The number of fused-ring (bicyclic) bond motifs is 5. The summed E-state index contributed by atoms with van der Waals surface area (Å²) in [6, 6.07) is 0.846. The van der Waals surface area contributed by atoms with Crippen molar-refractivity contribution in [2.75, 3.05) is 40.3 Å². The van der Waals surface area contributed by atoms with Crippen molar-refractivity contribution in [3.8, 4) is 0 Å². The zero-order valence-electron chi connectivity index (χ0n) is 31.0. The van der Waals surface area contributed by atoms with Gasteiger partial charge in [-0.25, -0.2) is 0 Å². The lowest BCUT2D eigenvalue weighted by molar-refractivity contribution is -0.943. The van der Waals surface area contributed by atoms with Gasteiger partial charge in [-0.2, -0.15) is 0 Å². The molecule has 2 heterocycles. The van der Waals surface area contributed by atoms with E-state index in [9.17, 15) is 29.4 Å². The summed E-state index contributed by atoms with van der Waals surface area (Å²) in [5, 5.41) is 18.8. The molecule has 0 aromatic rings. The van der Waals surface area contributed by atoms with Crippen LogP contribution in [0.4, 0.5) is 0 Å². The Hall–Kier alpha value is -2.46. The summed E-state index contributed by atoms with van der Waals surface area (Å²) in [6.45, 7) is 13.3. The van der Waals surface area contributed by atoms with Gasteiger partial charge in [0.2, 0.25) is 0 Å². The van der Waals surface area contributed by atoms with Crippen LogP contribution in [-0.4, -0.2) is 97.4 Å². The van der Waals surface area contributed by atoms with Crippen LogP contribution in [0.15, 0.2) is 12.2 Å². The molecule has 10 atom stereocenters. The third kappa shape index (κ3) is 7.61. The molecule has 276 valence electrons. The summed E-state index contributed by atoms with van der Waals surface area (Å²) in [5.74, 6) is -0.575. The summed E-state index contributed by atoms with van der Waals surface area (Å²) >= 11 is 0. The number of carboxylic acid groups (broad SMARTS) is 2. The topological polar surface area (TPSA) is 133 Å². The largest absolute Gasteiger partial charge is 0.545 e. The highest BCUT2D eigenvalue weighted by Gasteiger charge is 2.68. The number of carboxylic acids is 2. The first-order valence-electron chi connectivity index (χ1n) is 19.2. The molecule has 4 aliphatic carbocycles. The second kappa shape index (κ2) is 14.6. The van der Waals surface area contributed by atoms with Crippen LogP contribution in [0.5, 0.6) is 0 Å². The van der Waals surface area contributed by atoms with E-state index in [1.165, 1.54) is 103 Å². The van der Waals surface area contributed by atoms with Crippen LogP contribution in [0.25, 0.3) is 0 Å². The van der Waals surface area contributed by atoms with Gasteiger partial charge in [0.1, 0.15) is 12.1 Å². The molecule has 6 rings (SSSR count). The quantitative estimate of drug-likeness (QED) is 0.237. The van der Waals surface area contributed by atoms with Crippen LogP contribution in [0.1, 0.15) is 111 Å². The van der Waals surface area contributed by atoms with E-state index in [1.807, 2.05) is 0 Å². The number of quaternary nitrogens is 2. The number of hydrogen-bond acceptors (Lipinski definition) is 8. The van der Waals surface area contributed by atoms with Gasteiger partial charge in [0, 0.05) is 32.1 Å². The fourth-order valence-electron chi connectivity index (χ4n) is 12.4. The van der Waals surface area contributed by atoms with E-state index >= 15 is 0 Å². The van der Waals surface area contributed by atoms with E-state index in [1.54, 1.807) is 13.8 Å². The number of likely N-dealkylation sites (N-methyl/N-ethyl adjacent to an activating group) is 2. The smallest absolute Gasteiger partial charge is 0.303 e. The number of aliphatic carboxylic acids is 2. The van der Waals surface area contributed by atoms with Crippen molar-refractivity contribution in [3.05, 3.63) is 12.2 Å². The molecule has 10 heteroatoms. The van der Waals surface area contributed by atoms with E-state index in [0.29, 0.717) is 47.4 Å². The second-order valence-corrected chi connectivity index (χ2v) is 17.6. The first kappa shape index (κ1) is 37.8. The first-order valence-corrected chi connectivity index (χ1v) is 19.2. The minimum Gasteiger partial charge on any atom is -0.545 e. The third-order valence-corrected chi connectivity index (χ3v) is 14.8. The monoisotopic (exact) mass is 686 g/mol. The lowest BCUT2D eigenvalue weighted by Gasteiger charge is -2.63. The van der Waals surface area contributed by atoms with Gasteiger partial charge in [0.15, 0.2) is 12.2 Å². The van der Waals surface area contributed by atoms with Crippen molar-refractivity contribution in [2.45, 2.75) is 135 Å². The van der Waals surface area contributed by atoms with Gasteiger partial charge in [0.25, 0.3) is 0 Å². The van der Waals surface area contributed by atoms with Crippen molar-refractivity contribution in [3.63, 3.8) is 0 Å². The maximum Gasteiger partial charge on any atom is 0.303 e. The number of nitrogens with zero attached hydrogens (tertiary/aromatic N) is 2. The maximum absolute atomic E-state index is 12.5. The van der Waals surface area contributed by atoms with Crippen molar-refractivity contribution < 1.29 is 47.8 Å².